The van der Waals surface area contributed by atoms with E-state index in [-0.39, 0.29) is 5.92 Å². The van der Waals surface area contributed by atoms with Crippen molar-refractivity contribution in [1.29, 1.82) is 5.26 Å². The second-order valence-corrected chi connectivity index (χ2v) is 3.35. The molecule has 2 heteroatoms. The Balaban J connectivity index is 2.72. The van der Waals surface area contributed by atoms with Crippen molar-refractivity contribution in [2.45, 2.75) is 13.0 Å². The maximum atomic E-state index is 8.79. The van der Waals surface area contributed by atoms with E-state index in [1.54, 1.807) is 0 Å². The number of hydrogen-bond donors (Lipinski definition) is 0. The number of hydrogen-bond acceptors (Lipinski definition) is 2. The first kappa shape index (κ1) is 9.02. The number of allylic oxidation sites excluding steroid dienone is 2. The number of nitrogens with zero attached hydrogens (tertiary/aromatic N) is 2. The van der Waals surface area contributed by atoms with Gasteiger partial charge in [0.2, 0.25) is 0 Å². The summed E-state index contributed by atoms with van der Waals surface area (Å²) < 4.78 is 0. The lowest BCUT2D eigenvalue weighted by atomic mass is 9.95. The quantitative estimate of drug-likeness (QED) is 0.616. The summed E-state index contributed by atoms with van der Waals surface area (Å²) in [6, 6.07) is 2.62. The lowest BCUT2D eigenvalue weighted by molar-refractivity contribution is 0.279. The Hall–Kier alpha value is -1.07. The SMILES string of the molecule is C[C@H](C1C=CC=C1C#N)N(C)C. The van der Waals surface area contributed by atoms with Crippen LogP contribution in [0.3, 0.4) is 0 Å². The molecule has 0 N–H and O–H groups in total. The molecular formula is C10H14N2. The highest BCUT2D eigenvalue weighted by Gasteiger charge is 2.22. The first-order valence-electron chi connectivity index (χ1n) is 4.11. The van der Waals surface area contributed by atoms with Crippen LogP contribution in [-0.2, 0) is 0 Å². The summed E-state index contributed by atoms with van der Waals surface area (Å²) in [6.45, 7) is 2.13. The summed E-state index contributed by atoms with van der Waals surface area (Å²) in [5.41, 5.74) is 0.871. The van der Waals surface area contributed by atoms with Crippen LogP contribution in [0.15, 0.2) is 23.8 Å². The van der Waals surface area contributed by atoms with Crippen LogP contribution in [0.1, 0.15) is 6.92 Å². The predicted molar refractivity (Wildman–Crippen MR) is 49.5 cm³/mol. The molecule has 12 heavy (non-hydrogen) atoms. The average Bonchev–Trinajstić information content (AvgIpc) is 2.49. The molecule has 0 saturated carbocycles. The Morgan fingerprint density at radius 3 is 2.75 bits per heavy atom. The molecule has 0 aromatic heterocycles. The number of nitriles is 1. The molecule has 0 aliphatic heterocycles. The number of rotatable bonds is 2. The molecule has 0 heterocycles. The summed E-state index contributed by atoms with van der Waals surface area (Å²) in [6.07, 6.45) is 5.94. The van der Waals surface area contributed by atoms with E-state index < -0.39 is 0 Å². The molecule has 1 aliphatic carbocycles. The normalized spacial score (nSPS) is 23.9. The van der Waals surface area contributed by atoms with E-state index in [0.717, 1.165) is 5.57 Å². The van der Waals surface area contributed by atoms with E-state index in [1.165, 1.54) is 0 Å². The summed E-state index contributed by atoms with van der Waals surface area (Å²) in [4.78, 5) is 2.13. The van der Waals surface area contributed by atoms with Gasteiger partial charge in [-0.15, -0.1) is 0 Å². The van der Waals surface area contributed by atoms with Gasteiger partial charge in [0, 0.05) is 17.5 Å². The third kappa shape index (κ3) is 1.57. The first-order valence-corrected chi connectivity index (χ1v) is 4.11. The maximum absolute atomic E-state index is 8.79. The maximum Gasteiger partial charge on any atom is 0.0954 e. The standard InChI is InChI=1S/C10H14N2/c1-8(12(2)3)10-6-4-5-9(10)7-11/h4-6,8,10H,1-3H3/t8-,10?/m1/s1. The van der Waals surface area contributed by atoms with E-state index in [4.69, 9.17) is 5.26 Å². The van der Waals surface area contributed by atoms with Gasteiger partial charge in [-0.3, -0.25) is 0 Å². The Bertz CT molecular complexity index is 256. The van der Waals surface area contributed by atoms with Crippen LogP contribution in [-0.4, -0.2) is 25.0 Å². The third-order valence-corrected chi connectivity index (χ3v) is 2.42. The Labute approximate surface area is 73.8 Å². The summed E-state index contributed by atoms with van der Waals surface area (Å²) in [7, 11) is 4.07. The van der Waals surface area contributed by atoms with Gasteiger partial charge >= 0.3 is 0 Å². The molecule has 1 aliphatic rings. The molecule has 2 atom stereocenters. The van der Waals surface area contributed by atoms with E-state index in [9.17, 15) is 0 Å². The molecule has 0 aromatic carbocycles. The second kappa shape index (κ2) is 3.55. The molecule has 0 saturated heterocycles. The minimum absolute atomic E-state index is 0.282. The topological polar surface area (TPSA) is 27.0 Å². The van der Waals surface area contributed by atoms with Crippen LogP contribution < -0.4 is 0 Å². The highest BCUT2D eigenvalue weighted by atomic mass is 15.1. The fraction of sp³-hybridized carbons (Fsp3) is 0.500. The van der Waals surface area contributed by atoms with Gasteiger partial charge in [-0.1, -0.05) is 12.2 Å². The fourth-order valence-electron chi connectivity index (χ4n) is 1.35. The van der Waals surface area contributed by atoms with Crippen molar-refractivity contribution in [3.05, 3.63) is 23.8 Å². The van der Waals surface area contributed by atoms with E-state index >= 15 is 0 Å². The van der Waals surface area contributed by atoms with E-state index in [2.05, 4.69) is 24.0 Å². The molecule has 1 unspecified atom stereocenters. The van der Waals surface area contributed by atoms with Gasteiger partial charge in [0.1, 0.15) is 0 Å². The average molecular weight is 162 g/mol. The molecule has 0 fully saturated rings. The predicted octanol–water partition coefficient (Wildman–Crippen LogP) is 1.57. The third-order valence-electron chi connectivity index (χ3n) is 2.42. The van der Waals surface area contributed by atoms with Crippen LogP contribution in [0, 0.1) is 17.2 Å². The molecule has 0 bridgehead atoms. The Morgan fingerprint density at radius 2 is 2.25 bits per heavy atom. The van der Waals surface area contributed by atoms with Gasteiger partial charge in [0.25, 0.3) is 0 Å². The minimum Gasteiger partial charge on any atom is -0.306 e. The van der Waals surface area contributed by atoms with Crippen LogP contribution >= 0.6 is 0 Å². The lowest BCUT2D eigenvalue weighted by Crippen LogP contribution is -2.31. The molecule has 0 radical (unpaired) electrons. The Morgan fingerprint density at radius 1 is 1.58 bits per heavy atom. The lowest BCUT2D eigenvalue weighted by Gasteiger charge is -2.24. The summed E-state index contributed by atoms with van der Waals surface area (Å²) in [5.74, 6) is 0.282. The van der Waals surface area contributed by atoms with Crippen molar-refractivity contribution in [1.82, 2.24) is 4.90 Å². The zero-order valence-electron chi connectivity index (χ0n) is 7.78. The molecule has 1 rings (SSSR count). The van der Waals surface area contributed by atoms with Crippen molar-refractivity contribution >= 4 is 0 Å². The van der Waals surface area contributed by atoms with Gasteiger partial charge < -0.3 is 4.90 Å². The van der Waals surface area contributed by atoms with Crippen LogP contribution in [0.5, 0.6) is 0 Å². The van der Waals surface area contributed by atoms with Gasteiger partial charge in [0.15, 0.2) is 0 Å². The van der Waals surface area contributed by atoms with Crippen molar-refractivity contribution in [2.75, 3.05) is 14.1 Å². The molecule has 0 aromatic rings. The van der Waals surface area contributed by atoms with Crippen molar-refractivity contribution in [3.63, 3.8) is 0 Å². The Kier molecular flexibility index (Phi) is 2.67. The zero-order chi connectivity index (χ0) is 9.14. The van der Waals surface area contributed by atoms with Crippen molar-refractivity contribution in [2.24, 2.45) is 5.92 Å². The van der Waals surface area contributed by atoms with E-state index in [1.807, 2.05) is 26.2 Å². The summed E-state index contributed by atoms with van der Waals surface area (Å²) in [5, 5.41) is 8.79. The molecule has 0 spiro atoms. The minimum atomic E-state index is 0.282. The monoisotopic (exact) mass is 162 g/mol. The van der Waals surface area contributed by atoms with Crippen LogP contribution in [0.4, 0.5) is 0 Å². The van der Waals surface area contributed by atoms with E-state index in [0.29, 0.717) is 6.04 Å². The smallest absolute Gasteiger partial charge is 0.0954 e. The van der Waals surface area contributed by atoms with Crippen molar-refractivity contribution in [3.8, 4) is 6.07 Å². The highest BCUT2D eigenvalue weighted by Crippen LogP contribution is 2.23. The van der Waals surface area contributed by atoms with Crippen LogP contribution in [0.2, 0.25) is 0 Å². The van der Waals surface area contributed by atoms with Crippen molar-refractivity contribution < 1.29 is 0 Å². The van der Waals surface area contributed by atoms with Gasteiger partial charge in [-0.2, -0.15) is 5.26 Å². The van der Waals surface area contributed by atoms with Crippen LogP contribution in [0.25, 0.3) is 0 Å². The zero-order valence-corrected chi connectivity index (χ0v) is 7.78. The molecule has 64 valence electrons. The summed E-state index contributed by atoms with van der Waals surface area (Å²) >= 11 is 0. The van der Waals surface area contributed by atoms with Gasteiger partial charge in [0.05, 0.1) is 6.07 Å². The molecule has 0 amide bonds. The highest BCUT2D eigenvalue weighted by molar-refractivity contribution is 5.38. The fourth-order valence-corrected chi connectivity index (χ4v) is 1.35. The molecule has 2 nitrogen and oxygen atoms in total. The largest absolute Gasteiger partial charge is 0.306 e. The van der Waals surface area contributed by atoms with Gasteiger partial charge in [-0.25, -0.2) is 0 Å². The molecular weight excluding hydrogens is 148 g/mol. The second-order valence-electron chi connectivity index (χ2n) is 3.35. The first-order chi connectivity index (χ1) is 5.66. The van der Waals surface area contributed by atoms with Gasteiger partial charge in [-0.05, 0) is 27.1 Å².